The summed E-state index contributed by atoms with van der Waals surface area (Å²) in [6.07, 6.45) is -0.712. The molecule has 0 aliphatic carbocycles. The summed E-state index contributed by atoms with van der Waals surface area (Å²) in [6.45, 7) is 7.77. The van der Waals surface area contributed by atoms with Gasteiger partial charge in [0.05, 0.1) is 17.3 Å². The van der Waals surface area contributed by atoms with Gasteiger partial charge in [-0.25, -0.2) is 9.78 Å². The van der Waals surface area contributed by atoms with E-state index < -0.39 is 12.1 Å². The van der Waals surface area contributed by atoms with Crippen molar-refractivity contribution in [1.29, 1.82) is 0 Å². The van der Waals surface area contributed by atoms with Crippen molar-refractivity contribution in [1.82, 2.24) is 9.88 Å². The van der Waals surface area contributed by atoms with E-state index >= 15 is 0 Å². The highest BCUT2D eigenvalue weighted by molar-refractivity contribution is 7.11. The summed E-state index contributed by atoms with van der Waals surface area (Å²) in [7, 11) is 0. The first kappa shape index (κ1) is 13.5. The highest BCUT2D eigenvalue weighted by Crippen LogP contribution is 2.30. The zero-order valence-corrected chi connectivity index (χ0v) is 11.7. The van der Waals surface area contributed by atoms with Crippen molar-refractivity contribution < 1.29 is 14.6 Å². The number of morpholine rings is 1. The predicted octanol–water partition coefficient (Wildman–Crippen LogP) is 1.61. The summed E-state index contributed by atoms with van der Waals surface area (Å²) in [5.74, 6) is -0.885. The topological polar surface area (TPSA) is 62.7 Å². The van der Waals surface area contributed by atoms with Gasteiger partial charge < -0.3 is 9.84 Å². The van der Waals surface area contributed by atoms with Crippen molar-refractivity contribution in [3.63, 3.8) is 0 Å². The van der Waals surface area contributed by atoms with Crippen LogP contribution < -0.4 is 0 Å². The molecule has 0 spiro atoms. The number of aryl methyl sites for hydroxylation is 2. The molecule has 2 unspecified atom stereocenters. The average Bonchev–Trinajstić information content (AvgIpc) is 2.67. The number of carboxylic acid groups (broad SMARTS) is 1. The molecule has 2 heterocycles. The Morgan fingerprint density at radius 3 is 2.89 bits per heavy atom. The van der Waals surface area contributed by atoms with Crippen LogP contribution in [0.15, 0.2) is 0 Å². The van der Waals surface area contributed by atoms with E-state index in [0.29, 0.717) is 13.2 Å². The molecule has 1 fully saturated rings. The lowest BCUT2D eigenvalue weighted by Crippen LogP contribution is -2.46. The maximum atomic E-state index is 11.0. The Balaban J connectivity index is 2.11. The molecule has 0 bridgehead atoms. The van der Waals surface area contributed by atoms with Crippen molar-refractivity contribution in [2.75, 3.05) is 19.7 Å². The molecule has 0 aromatic carbocycles. The Hall–Kier alpha value is -0.980. The third kappa shape index (κ3) is 2.71. The number of aliphatic carboxylic acids is 1. The predicted molar refractivity (Wildman–Crippen MR) is 69.0 cm³/mol. The fourth-order valence-corrected chi connectivity index (χ4v) is 3.28. The Bertz CT molecular complexity index is 447. The van der Waals surface area contributed by atoms with Gasteiger partial charge in [-0.05, 0) is 20.8 Å². The standard InChI is InChI=1S/C12H18N2O3S/c1-7-11(18-9(3)13-7)8(2)14-4-5-17-10(6-14)12(15)16/h8,10H,4-6H2,1-3H3,(H,15,16). The smallest absolute Gasteiger partial charge is 0.334 e. The average molecular weight is 270 g/mol. The lowest BCUT2D eigenvalue weighted by molar-refractivity contribution is -0.157. The van der Waals surface area contributed by atoms with Crippen LogP contribution in [-0.4, -0.2) is 46.8 Å². The number of ether oxygens (including phenoxy) is 1. The molecule has 1 aromatic rings. The van der Waals surface area contributed by atoms with Crippen LogP contribution >= 0.6 is 11.3 Å². The van der Waals surface area contributed by atoms with Gasteiger partial charge in [-0.15, -0.1) is 11.3 Å². The number of hydrogen-bond acceptors (Lipinski definition) is 5. The Morgan fingerprint density at radius 2 is 2.33 bits per heavy atom. The Morgan fingerprint density at radius 1 is 1.61 bits per heavy atom. The summed E-state index contributed by atoms with van der Waals surface area (Å²) in [5, 5.41) is 10.1. The fraction of sp³-hybridized carbons (Fsp3) is 0.667. The van der Waals surface area contributed by atoms with Crippen LogP contribution in [0.2, 0.25) is 0 Å². The maximum Gasteiger partial charge on any atom is 0.334 e. The Labute approximate surface area is 110 Å². The summed E-state index contributed by atoms with van der Waals surface area (Å²) in [6, 6.07) is 0.196. The molecule has 100 valence electrons. The molecule has 18 heavy (non-hydrogen) atoms. The second-order valence-corrected chi connectivity index (χ2v) is 5.79. The van der Waals surface area contributed by atoms with Crippen LogP contribution in [0.4, 0.5) is 0 Å². The van der Waals surface area contributed by atoms with Crippen molar-refractivity contribution in [2.24, 2.45) is 0 Å². The summed E-state index contributed by atoms with van der Waals surface area (Å²) >= 11 is 1.68. The molecule has 1 aliphatic heterocycles. The van der Waals surface area contributed by atoms with Crippen LogP contribution in [0.1, 0.15) is 28.5 Å². The molecule has 2 rings (SSSR count). The lowest BCUT2D eigenvalue weighted by atomic mass is 10.1. The van der Waals surface area contributed by atoms with Gasteiger partial charge in [0.25, 0.3) is 0 Å². The van der Waals surface area contributed by atoms with Crippen LogP contribution in [0.5, 0.6) is 0 Å². The second kappa shape index (κ2) is 5.34. The molecule has 5 nitrogen and oxygen atoms in total. The van der Waals surface area contributed by atoms with Crippen LogP contribution in [-0.2, 0) is 9.53 Å². The van der Waals surface area contributed by atoms with Crippen LogP contribution in [0, 0.1) is 13.8 Å². The van der Waals surface area contributed by atoms with Crippen LogP contribution in [0.3, 0.4) is 0 Å². The van der Waals surface area contributed by atoms with Crippen LogP contribution in [0.25, 0.3) is 0 Å². The minimum Gasteiger partial charge on any atom is -0.479 e. The number of rotatable bonds is 3. The van der Waals surface area contributed by atoms with E-state index in [4.69, 9.17) is 9.84 Å². The minimum absolute atomic E-state index is 0.196. The summed E-state index contributed by atoms with van der Waals surface area (Å²) in [5.41, 5.74) is 1.04. The first-order chi connectivity index (χ1) is 8.49. The molecule has 1 aromatic heterocycles. The highest BCUT2D eigenvalue weighted by Gasteiger charge is 2.30. The van der Waals surface area contributed by atoms with E-state index in [0.717, 1.165) is 17.2 Å². The molecule has 1 N–H and O–H groups in total. The van der Waals surface area contributed by atoms with E-state index in [1.54, 1.807) is 11.3 Å². The van der Waals surface area contributed by atoms with Gasteiger partial charge in [-0.3, -0.25) is 4.90 Å². The van der Waals surface area contributed by atoms with E-state index in [-0.39, 0.29) is 6.04 Å². The molecule has 6 heteroatoms. The summed E-state index contributed by atoms with van der Waals surface area (Å²) in [4.78, 5) is 18.8. The fourth-order valence-electron chi connectivity index (χ4n) is 2.27. The number of nitrogens with zero attached hydrogens (tertiary/aromatic N) is 2. The number of carboxylic acids is 1. The van der Waals surface area contributed by atoms with E-state index in [9.17, 15) is 4.79 Å². The van der Waals surface area contributed by atoms with Gasteiger partial charge in [0.1, 0.15) is 0 Å². The monoisotopic (exact) mass is 270 g/mol. The zero-order chi connectivity index (χ0) is 13.3. The van der Waals surface area contributed by atoms with Gasteiger partial charge in [0.2, 0.25) is 0 Å². The molecule has 0 radical (unpaired) electrons. The van der Waals surface area contributed by atoms with Gasteiger partial charge in [-0.1, -0.05) is 0 Å². The van der Waals surface area contributed by atoms with Gasteiger partial charge in [-0.2, -0.15) is 0 Å². The van der Waals surface area contributed by atoms with Crippen molar-refractivity contribution in [3.8, 4) is 0 Å². The van der Waals surface area contributed by atoms with Crippen molar-refractivity contribution >= 4 is 17.3 Å². The van der Waals surface area contributed by atoms with Crippen molar-refractivity contribution in [2.45, 2.75) is 32.9 Å². The Kier molecular flexibility index (Phi) is 3.99. The van der Waals surface area contributed by atoms with Gasteiger partial charge >= 0.3 is 5.97 Å². The quantitative estimate of drug-likeness (QED) is 0.904. The van der Waals surface area contributed by atoms with E-state index in [2.05, 4.69) is 16.8 Å². The third-order valence-corrected chi connectivity index (χ3v) is 4.48. The molecule has 0 saturated carbocycles. The minimum atomic E-state index is -0.885. The highest BCUT2D eigenvalue weighted by atomic mass is 32.1. The first-order valence-electron chi connectivity index (χ1n) is 6.01. The summed E-state index contributed by atoms with van der Waals surface area (Å²) < 4.78 is 5.24. The molecule has 2 atom stereocenters. The van der Waals surface area contributed by atoms with Crippen molar-refractivity contribution in [3.05, 3.63) is 15.6 Å². The number of hydrogen-bond donors (Lipinski definition) is 1. The number of aromatic nitrogens is 1. The van der Waals surface area contributed by atoms with Gasteiger partial charge in [0, 0.05) is 24.0 Å². The molecule has 0 amide bonds. The maximum absolute atomic E-state index is 11.0. The second-order valence-electron chi connectivity index (χ2n) is 4.55. The molecular weight excluding hydrogens is 252 g/mol. The molecule has 1 saturated heterocycles. The normalized spacial score (nSPS) is 22.9. The third-order valence-electron chi connectivity index (χ3n) is 3.24. The zero-order valence-electron chi connectivity index (χ0n) is 10.8. The molecular formula is C12H18N2O3S. The molecule has 1 aliphatic rings. The first-order valence-corrected chi connectivity index (χ1v) is 6.83. The van der Waals surface area contributed by atoms with Gasteiger partial charge in [0.15, 0.2) is 6.10 Å². The SMILES string of the molecule is Cc1nc(C)c(C(C)N2CCOC(C(=O)O)C2)s1. The number of carbonyl (C=O) groups is 1. The largest absolute Gasteiger partial charge is 0.479 e. The van der Waals surface area contributed by atoms with E-state index in [1.807, 2.05) is 13.8 Å². The number of thiazole rings is 1. The van der Waals surface area contributed by atoms with E-state index in [1.165, 1.54) is 4.88 Å². The lowest BCUT2D eigenvalue weighted by Gasteiger charge is -2.34.